The van der Waals surface area contributed by atoms with Crippen LogP contribution in [0.4, 0.5) is 0 Å². The minimum atomic E-state index is -0.636. The number of hydrogen-bond acceptors (Lipinski definition) is 4. The first-order valence-corrected chi connectivity index (χ1v) is 8.52. The van der Waals surface area contributed by atoms with Crippen molar-refractivity contribution in [3.05, 3.63) is 44.6 Å². The van der Waals surface area contributed by atoms with Crippen LogP contribution >= 0.6 is 0 Å². The van der Waals surface area contributed by atoms with Gasteiger partial charge in [0.2, 0.25) is 0 Å². The third kappa shape index (κ3) is 1.38. The first-order valence-electron chi connectivity index (χ1n) is 8.52. The van der Waals surface area contributed by atoms with E-state index in [1.165, 1.54) is 0 Å². The van der Waals surface area contributed by atoms with E-state index in [1.54, 1.807) is 12.1 Å². The topological polar surface area (TPSA) is 63.6 Å². The molecule has 2 heterocycles. The van der Waals surface area contributed by atoms with Crippen LogP contribution in [0.25, 0.3) is 0 Å². The van der Waals surface area contributed by atoms with Crippen LogP contribution in [-0.2, 0) is 16.0 Å². The Balaban J connectivity index is 1.89. The molecule has 23 heavy (non-hydrogen) atoms. The molecule has 6 atom stereocenters. The smallest absolute Gasteiger partial charge is 0.313 e. The van der Waals surface area contributed by atoms with Crippen LogP contribution in [0.15, 0.2) is 16.9 Å². The Kier molecular flexibility index (Phi) is 2.41. The van der Waals surface area contributed by atoms with E-state index in [1.807, 2.05) is 6.92 Å². The van der Waals surface area contributed by atoms with Crippen molar-refractivity contribution in [2.24, 2.45) is 17.3 Å². The van der Waals surface area contributed by atoms with Gasteiger partial charge in [-0.25, -0.2) is 0 Å². The number of aryl methyl sites for hydroxylation is 2. The first kappa shape index (κ1) is 13.7. The summed E-state index contributed by atoms with van der Waals surface area (Å²) in [6.07, 6.45) is 1.44. The number of esters is 1. The quantitative estimate of drug-likeness (QED) is 0.744. The highest BCUT2D eigenvalue weighted by Crippen LogP contribution is 2.69. The lowest BCUT2D eigenvalue weighted by Crippen LogP contribution is -2.61. The molecule has 0 radical (unpaired) electrons. The van der Waals surface area contributed by atoms with Crippen molar-refractivity contribution in [3.63, 3.8) is 0 Å². The molecule has 1 N–H and O–H groups in total. The summed E-state index contributed by atoms with van der Waals surface area (Å²) < 4.78 is 5.72. The maximum Gasteiger partial charge on any atom is 0.313 e. The van der Waals surface area contributed by atoms with Crippen LogP contribution in [0.1, 0.15) is 54.0 Å². The summed E-state index contributed by atoms with van der Waals surface area (Å²) in [5.41, 5.74) is 3.32. The number of aliphatic hydroxyl groups excluding tert-OH is 1. The highest BCUT2D eigenvalue weighted by atomic mass is 16.6. The van der Waals surface area contributed by atoms with Gasteiger partial charge in [0.15, 0.2) is 5.43 Å². The molecule has 5 aliphatic rings. The van der Waals surface area contributed by atoms with E-state index in [0.29, 0.717) is 6.42 Å². The lowest BCUT2D eigenvalue weighted by atomic mass is 9.50. The molecular weight excluding hydrogens is 292 g/mol. The maximum absolute atomic E-state index is 12.8. The van der Waals surface area contributed by atoms with Gasteiger partial charge >= 0.3 is 5.97 Å². The number of rotatable bonds is 0. The monoisotopic (exact) mass is 312 g/mol. The van der Waals surface area contributed by atoms with Crippen molar-refractivity contribution in [2.75, 3.05) is 0 Å². The van der Waals surface area contributed by atoms with Crippen LogP contribution < -0.4 is 5.43 Å². The summed E-state index contributed by atoms with van der Waals surface area (Å²) in [5, 5.41) is 11.0. The predicted molar refractivity (Wildman–Crippen MR) is 83.1 cm³/mol. The molecule has 2 bridgehead atoms. The van der Waals surface area contributed by atoms with Gasteiger partial charge in [0.05, 0.1) is 11.5 Å². The van der Waals surface area contributed by atoms with Crippen LogP contribution in [0.2, 0.25) is 0 Å². The van der Waals surface area contributed by atoms with Crippen LogP contribution in [-0.4, -0.2) is 17.2 Å². The standard InChI is InChI=1S/C19H20O4/c1-8-5-11(20)7-10-3-4-19-9(2)6-12(23-18(19)22)15-16(19)14(10)13(8)17(15)21/h5,7,9,12,15-17,21H,3-4,6H2,1-2H3/t9-,12+,15-,16-,17-,19-/m1/s1. The lowest BCUT2D eigenvalue weighted by molar-refractivity contribution is -0.215. The second kappa shape index (κ2) is 4.04. The third-order valence-electron chi connectivity index (χ3n) is 6.99. The SMILES string of the molecule is Cc1cc(=O)cc2c3c1[C@@H](O)[C@@H]1[C@@H]4C[C@@H](C)[C@@](CC2)(C(=O)O4)[C@H]31. The largest absolute Gasteiger partial charge is 0.461 e. The van der Waals surface area contributed by atoms with Gasteiger partial charge in [0.1, 0.15) is 6.10 Å². The summed E-state index contributed by atoms with van der Waals surface area (Å²) in [6, 6.07) is 3.33. The molecule has 3 aliphatic carbocycles. The molecule has 6 rings (SSSR count). The number of carbonyl (C=O) groups excluding carboxylic acids is 1. The van der Waals surface area contributed by atoms with Crippen molar-refractivity contribution < 1.29 is 14.6 Å². The molecule has 2 aliphatic heterocycles. The van der Waals surface area contributed by atoms with E-state index >= 15 is 0 Å². The Labute approximate surface area is 134 Å². The number of ether oxygens (including phenoxy) is 1. The van der Waals surface area contributed by atoms with E-state index in [9.17, 15) is 14.7 Å². The zero-order chi connectivity index (χ0) is 16.1. The van der Waals surface area contributed by atoms with Crippen molar-refractivity contribution >= 4 is 5.97 Å². The number of hydrogen-bond donors (Lipinski definition) is 1. The Morgan fingerprint density at radius 3 is 2.78 bits per heavy atom. The highest BCUT2D eigenvalue weighted by molar-refractivity contribution is 5.82. The lowest BCUT2D eigenvalue weighted by Gasteiger charge is -2.58. The zero-order valence-corrected chi connectivity index (χ0v) is 13.3. The molecule has 1 saturated carbocycles. The van der Waals surface area contributed by atoms with Crippen LogP contribution in [0.3, 0.4) is 0 Å². The van der Waals surface area contributed by atoms with Crippen molar-refractivity contribution in [3.8, 4) is 0 Å². The van der Waals surface area contributed by atoms with E-state index in [2.05, 4.69) is 6.92 Å². The fourth-order valence-electron chi connectivity index (χ4n) is 6.09. The number of aliphatic hydroxyl groups is 1. The van der Waals surface area contributed by atoms with Crippen LogP contribution in [0.5, 0.6) is 0 Å². The third-order valence-corrected chi connectivity index (χ3v) is 6.99. The van der Waals surface area contributed by atoms with Crippen LogP contribution in [0, 0.1) is 24.2 Å². The highest BCUT2D eigenvalue weighted by Gasteiger charge is 2.69. The molecule has 1 aromatic carbocycles. The Morgan fingerprint density at radius 2 is 2.04 bits per heavy atom. The summed E-state index contributed by atoms with van der Waals surface area (Å²) in [5.74, 6) is 0.143. The fraction of sp³-hybridized carbons (Fsp3) is 0.579. The van der Waals surface area contributed by atoms with Gasteiger partial charge in [-0.1, -0.05) is 6.92 Å². The predicted octanol–water partition coefficient (Wildman–Crippen LogP) is 2.00. The first-order chi connectivity index (χ1) is 10.9. The van der Waals surface area contributed by atoms with Gasteiger partial charge in [-0.15, -0.1) is 0 Å². The van der Waals surface area contributed by atoms with Gasteiger partial charge in [-0.2, -0.15) is 0 Å². The Hall–Kier alpha value is -1.68. The van der Waals surface area contributed by atoms with E-state index in [0.717, 1.165) is 35.1 Å². The molecule has 0 amide bonds. The summed E-state index contributed by atoms with van der Waals surface area (Å²) in [6.45, 7) is 4.04. The summed E-state index contributed by atoms with van der Waals surface area (Å²) in [4.78, 5) is 24.9. The Bertz CT molecular complexity index is 814. The van der Waals surface area contributed by atoms with E-state index in [-0.39, 0.29) is 35.3 Å². The number of carbonyl (C=O) groups is 1. The van der Waals surface area contributed by atoms with E-state index in [4.69, 9.17) is 4.74 Å². The molecule has 2 saturated heterocycles. The van der Waals surface area contributed by atoms with Gasteiger partial charge in [-0.3, -0.25) is 9.59 Å². The van der Waals surface area contributed by atoms with E-state index < -0.39 is 11.5 Å². The normalized spacial score (nSPS) is 42.4. The second-order valence-electron chi connectivity index (χ2n) is 7.85. The van der Waals surface area contributed by atoms with Gasteiger partial charge in [0.25, 0.3) is 0 Å². The molecular formula is C19H20O4. The summed E-state index contributed by atoms with van der Waals surface area (Å²) >= 11 is 0. The molecule has 4 heteroatoms. The maximum atomic E-state index is 12.8. The van der Waals surface area contributed by atoms with Crippen molar-refractivity contribution in [2.45, 2.75) is 51.2 Å². The zero-order valence-electron chi connectivity index (χ0n) is 13.3. The molecule has 0 unspecified atom stereocenters. The molecule has 3 fully saturated rings. The fourth-order valence-corrected chi connectivity index (χ4v) is 6.09. The molecule has 120 valence electrons. The average Bonchev–Trinajstić information content (AvgIpc) is 2.72. The average molecular weight is 312 g/mol. The second-order valence-corrected chi connectivity index (χ2v) is 7.85. The van der Waals surface area contributed by atoms with Crippen molar-refractivity contribution in [1.29, 1.82) is 0 Å². The van der Waals surface area contributed by atoms with Gasteiger partial charge < -0.3 is 9.84 Å². The molecule has 1 spiro atoms. The van der Waals surface area contributed by atoms with Gasteiger partial charge in [0, 0.05) is 11.8 Å². The molecule has 1 aromatic rings. The van der Waals surface area contributed by atoms with Gasteiger partial charge in [-0.05, 0) is 66.5 Å². The number of fused-ring (bicyclic) bond motifs is 2. The molecule has 4 nitrogen and oxygen atoms in total. The van der Waals surface area contributed by atoms with Crippen molar-refractivity contribution in [1.82, 2.24) is 0 Å². The minimum Gasteiger partial charge on any atom is -0.461 e. The molecule has 0 aromatic heterocycles. The summed E-state index contributed by atoms with van der Waals surface area (Å²) in [7, 11) is 0. The minimum absolute atomic E-state index is 0.0109. The Morgan fingerprint density at radius 1 is 1.26 bits per heavy atom.